The highest BCUT2D eigenvalue weighted by molar-refractivity contribution is 5.83. The number of ketones is 1. The number of likely N-dealkylation sites (tertiary alicyclic amines) is 1. The molecule has 0 aliphatic carbocycles. The second-order valence-corrected chi connectivity index (χ2v) is 11.1. The first kappa shape index (κ1) is 37.8. The van der Waals surface area contributed by atoms with Crippen molar-refractivity contribution in [1.82, 2.24) is 10.2 Å². The van der Waals surface area contributed by atoms with Crippen LogP contribution in [0.3, 0.4) is 0 Å². The SMILES string of the molecule is CC.CC(=O)CNC(=O)N1CCC(C)CC1.CCC[N+](O)(CCC)C1CCOCC1.Cc1cc(C)c(O)c(C)c1. The summed E-state index contributed by atoms with van der Waals surface area (Å²) in [7, 11) is 0. The molecule has 2 amide bonds. The molecule has 2 heterocycles. The van der Waals surface area contributed by atoms with Crippen molar-refractivity contribution in [3.63, 3.8) is 0 Å². The van der Waals surface area contributed by atoms with Gasteiger partial charge in [0.2, 0.25) is 0 Å². The smallest absolute Gasteiger partial charge is 0.317 e. The maximum absolute atomic E-state index is 11.5. The molecule has 2 aliphatic rings. The van der Waals surface area contributed by atoms with Gasteiger partial charge in [-0.15, -0.1) is 0 Å². The van der Waals surface area contributed by atoms with Crippen molar-refractivity contribution >= 4 is 11.8 Å². The Morgan fingerprint density at radius 1 is 0.975 bits per heavy atom. The Balaban J connectivity index is 0.000000560. The van der Waals surface area contributed by atoms with Crippen molar-refractivity contribution in [2.45, 2.75) is 107 Å². The van der Waals surface area contributed by atoms with Gasteiger partial charge in [0, 0.05) is 25.9 Å². The zero-order chi connectivity index (χ0) is 30.7. The first-order chi connectivity index (χ1) is 18.9. The van der Waals surface area contributed by atoms with Gasteiger partial charge >= 0.3 is 6.03 Å². The lowest BCUT2D eigenvalue weighted by atomic mass is 10.00. The summed E-state index contributed by atoms with van der Waals surface area (Å²) in [5.74, 6) is 1.13. The quantitative estimate of drug-likeness (QED) is 0.257. The van der Waals surface area contributed by atoms with Crippen LogP contribution in [0.2, 0.25) is 0 Å². The molecule has 2 fully saturated rings. The van der Waals surface area contributed by atoms with Crippen molar-refractivity contribution in [3.8, 4) is 5.75 Å². The minimum atomic E-state index is -0.105. The van der Waals surface area contributed by atoms with Crippen LogP contribution in [0.1, 0.15) is 96.8 Å². The number of phenols is 1. The van der Waals surface area contributed by atoms with Crippen LogP contribution < -0.4 is 5.32 Å². The highest BCUT2D eigenvalue weighted by Crippen LogP contribution is 2.23. The summed E-state index contributed by atoms with van der Waals surface area (Å²) in [5.41, 5.74) is 3.11. The summed E-state index contributed by atoms with van der Waals surface area (Å²) in [6.07, 6.45) is 6.25. The van der Waals surface area contributed by atoms with Gasteiger partial charge < -0.3 is 20.1 Å². The summed E-state index contributed by atoms with van der Waals surface area (Å²) in [4.78, 5) is 23.9. The monoisotopic (exact) mass is 566 g/mol. The van der Waals surface area contributed by atoms with Crippen molar-refractivity contribution < 1.29 is 29.3 Å². The number of nitrogens with zero attached hydrogens (tertiary/aromatic N) is 2. The van der Waals surface area contributed by atoms with Crippen LogP contribution in [-0.4, -0.2) is 83.7 Å². The third-order valence-electron chi connectivity index (χ3n) is 7.29. The number of phenolic OH excluding ortho intramolecular Hbond substituents is 1. The molecule has 2 saturated heterocycles. The molecule has 0 saturated carbocycles. The number of hydrogen-bond donors (Lipinski definition) is 3. The standard InChI is InChI=1S/C11H24NO2.C10H18N2O2.C9H12O.C2H6/c1-3-7-12(13,8-4-2)11-5-9-14-10-6-11;1-8-3-5-12(6-4-8)10(14)11-7-9(2)13;1-6-4-7(2)9(10)8(3)5-6;1-2/h11,13H,3-10H2,1-2H3;8H,3-7H2,1-2H3,(H,11,14);4-5,10H,1-3H3;1-2H3/q+1;;;. The fourth-order valence-electron chi connectivity index (χ4n) is 5.11. The van der Waals surface area contributed by atoms with Crippen molar-refractivity contribution in [1.29, 1.82) is 0 Å². The van der Waals surface area contributed by atoms with E-state index in [2.05, 4.69) is 26.1 Å². The fourth-order valence-corrected chi connectivity index (χ4v) is 5.11. The second kappa shape index (κ2) is 20.7. The molecule has 0 aromatic heterocycles. The maximum atomic E-state index is 11.5. The normalized spacial score (nSPS) is 15.9. The highest BCUT2D eigenvalue weighted by Gasteiger charge is 2.35. The third kappa shape index (κ3) is 14.5. The number of piperidine rings is 1. The molecule has 0 spiro atoms. The highest BCUT2D eigenvalue weighted by atomic mass is 16.5. The van der Waals surface area contributed by atoms with Crippen LogP contribution in [-0.2, 0) is 9.53 Å². The molecule has 232 valence electrons. The van der Waals surface area contributed by atoms with Crippen molar-refractivity contribution in [2.75, 3.05) is 45.9 Å². The average molecular weight is 567 g/mol. The Morgan fingerprint density at radius 2 is 1.45 bits per heavy atom. The number of Topliss-reactive ketones (excluding diaryl/α,β-unsaturated/α-hetero) is 1. The molecule has 0 unspecified atom stereocenters. The molecule has 0 bridgehead atoms. The zero-order valence-corrected chi connectivity index (χ0v) is 27.0. The predicted octanol–water partition coefficient (Wildman–Crippen LogP) is 6.55. The van der Waals surface area contributed by atoms with E-state index in [1.54, 1.807) is 4.90 Å². The van der Waals surface area contributed by atoms with Crippen LogP contribution in [0, 0.1) is 26.7 Å². The Bertz CT molecular complexity index is 818. The summed E-state index contributed by atoms with van der Waals surface area (Å²) in [6.45, 7) is 23.0. The van der Waals surface area contributed by atoms with E-state index in [4.69, 9.17) is 4.74 Å². The number of quaternary nitrogens is 1. The Hall–Kier alpha value is -2.16. The number of urea groups is 1. The van der Waals surface area contributed by atoms with E-state index in [1.165, 1.54) is 12.5 Å². The lowest BCUT2D eigenvalue weighted by molar-refractivity contribution is -1.12. The molecule has 3 rings (SSSR count). The third-order valence-corrected chi connectivity index (χ3v) is 7.29. The van der Waals surface area contributed by atoms with E-state index in [0.717, 1.165) is 89.0 Å². The van der Waals surface area contributed by atoms with Gasteiger partial charge in [-0.3, -0.25) is 4.79 Å². The van der Waals surface area contributed by atoms with Crippen molar-refractivity contribution in [2.24, 2.45) is 5.92 Å². The Morgan fingerprint density at radius 3 is 1.88 bits per heavy atom. The number of aryl methyl sites for hydroxylation is 3. The predicted molar refractivity (Wildman–Crippen MR) is 164 cm³/mol. The lowest BCUT2D eigenvalue weighted by Crippen LogP contribution is -2.55. The van der Waals surface area contributed by atoms with E-state index in [0.29, 0.717) is 17.7 Å². The van der Waals surface area contributed by atoms with Crippen LogP contribution in [0.25, 0.3) is 0 Å². The van der Waals surface area contributed by atoms with E-state index < -0.39 is 0 Å². The topological polar surface area (TPSA) is 99.1 Å². The van der Waals surface area contributed by atoms with Crippen molar-refractivity contribution in [3.05, 3.63) is 28.8 Å². The summed E-state index contributed by atoms with van der Waals surface area (Å²) < 4.78 is 5.60. The molecular weight excluding hydrogens is 506 g/mol. The van der Waals surface area contributed by atoms with Crippen LogP contribution in [0.5, 0.6) is 5.75 Å². The van der Waals surface area contributed by atoms with Crippen LogP contribution >= 0.6 is 0 Å². The van der Waals surface area contributed by atoms with Gasteiger partial charge in [-0.25, -0.2) is 10.0 Å². The van der Waals surface area contributed by atoms with E-state index >= 15 is 0 Å². The van der Waals surface area contributed by atoms with Crippen LogP contribution in [0.4, 0.5) is 4.79 Å². The molecule has 1 aromatic rings. The van der Waals surface area contributed by atoms with Gasteiger partial charge in [-0.2, -0.15) is 4.65 Å². The molecule has 8 heteroatoms. The molecular formula is C32H60N3O5+. The molecule has 8 nitrogen and oxygen atoms in total. The largest absolute Gasteiger partial charge is 0.507 e. The first-order valence-corrected chi connectivity index (χ1v) is 15.4. The number of benzene rings is 1. The number of carbonyl (C=O) groups is 2. The van der Waals surface area contributed by atoms with E-state index in [-0.39, 0.29) is 23.0 Å². The fraction of sp³-hybridized carbons (Fsp3) is 0.750. The summed E-state index contributed by atoms with van der Waals surface area (Å²) >= 11 is 0. The summed E-state index contributed by atoms with van der Waals surface area (Å²) in [6, 6.07) is 4.25. The molecule has 1 aromatic carbocycles. The minimum absolute atomic E-state index is 0.0104. The van der Waals surface area contributed by atoms with Gasteiger partial charge in [0.1, 0.15) is 30.7 Å². The number of nitrogens with one attached hydrogen (secondary N) is 1. The Labute approximate surface area is 244 Å². The first-order valence-electron chi connectivity index (χ1n) is 15.4. The van der Waals surface area contributed by atoms with Gasteiger partial charge in [0.15, 0.2) is 0 Å². The van der Waals surface area contributed by atoms with Gasteiger partial charge in [-0.05, 0) is 70.4 Å². The van der Waals surface area contributed by atoms with E-state index in [9.17, 15) is 19.9 Å². The molecule has 2 aliphatic heterocycles. The van der Waals surface area contributed by atoms with E-state index in [1.807, 2.05) is 46.8 Å². The molecule has 0 radical (unpaired) electrons. The minimum Gasteiger partial charge on any atom is -0.507 e. The number of ether oxygens (including phenoxy) is 1. The number of rotatable bonds is 7. The van der Waals surface area contributed by atoms with Gasteiger partial charge in [-0.1, -0.05) is 52.3 Å². The molecule has 3 N–H and O–H groups in total. The second-order valence-electron chi connectivity index (χ2n) is 11.1. The average Bonchev–Trinajstić information content (AvgIpc) is 2.93. The maximum Gasteiger partial charge on any atom is 0.317 e. The van der Waals surface area contributed by atoms with Crippen LogP contribution in [0.15, 0.2) is 12.1 Å². The number of amides is 2. The zero-order valence-electron chi connectivity index (χ0n) is 27.0. The number of hydrogen-bond acceptors (Lipinski definition) is 5. The number of carbonyl (C=O) groups excluding carboxylic acids is 2. The number of hydroxylamine groups is 3. The Kier molecular flexibility index (Phi) is 19.6. The molecule has 40 heavy (non-hydrogen) atoms. The molecule has 0 atom stereocenters. The number of aromatic hydroxyl groups is 1. The lowest BCUT2D eigenvalue weighted by Gasteiger charge is -2.39. The van der Waals surface area contributed by atoms with Gasteiger partial charge in [0.25, 0.3) is 0 Å². The summed E-state index contributed by atoms with van der Waals surface area (Å²) in [5, 5.41) is 22.5. The van der Waals surface area contributed by atoms with Gasteiger partial charge in [0.05, 0.1) is 19.8 Å².